The molecule has 4 aliphatic heterocycles. The molecule has 2 N–H and O–H groups in total. The molecule has 1 aromatic heterocycles. The predicted octanol–water partition coefficient (Wildman–Crippen LogP) is 5.64. The van der Waals surface area contributed by atoms with E-state index >= 15 is 0 Å². The summed E-state index contributed by atoms with van der Waals surface area (Å²) < 4.78 is 55.2. The number of rotatable bonds is 2. The maximum atomic E-state index is 12.9. The van der Waals surface area contributed by atoms with E-state index in [0.717, 1.165) is 24.0 Å². The maximum Gasteiger partial charge on any atom is 0.422 e. The Morgan fingerprint density at radius 2 is 1.68 bits per heavy atom. The van der Waals surface area contributed by atoms with Crippen molar-refractivity contribution in [3.8, 4) is 11.8 Å². The first kappa shape index (κ1) is 33.7. The van der Waals surface area contributed by atoms with Gasteiger partial charge in [0.1, 0.15) is 17.2 Å². The summed E-state index contributed by atoms with van der Waals surface area (Å²) in [5, 5.41) is 6.17. The van der Waals surface area contributed by atoms with Crippen LogP contribution in [0.3, 0.4) is 0 Å². The number of carbonyl (C=O) groups excluding carboxylic acids is 2. The second kappa shape index (κ2) is 14.0. The average molecular weight is 657 g/mol. The number of amides is 2. The first-order valence-electron chi connectivity index (χ1n) is 15.6. The van der Waals surface area contributed by atoms with Gasteiger partial charge in [0.25, 0.3) is 5.91 Å². The lowest BCUT2D eigenvalue weighted by Gasteiger charge is -2.27. The zero-order valence-corrected chi connectivity index (χ0v) is 26.7. The number of hydrogen-bond acceptors (Lipinski definition) is 9. The molecular formula is C33H39F3N6O5. The fourth-order valence-corrected chi connectivity index (χ4v) is 5.04. The van der Waals surface area contributed by atoms with Crippen molar-refractivity contribution in [3.63, 3.8) is 0 Å². The van der Waals surface area contributed by atoms with Crippen molar-refractivity contribution in [2.24, 2.45) is 0 Å². The number of alkyl halides is 3. The highest BCUT2D eigenvalue weighted by molar-refractivity contribution is 5.94. The van der Waals surface area contributed by atoms with Gasteiger partial charge in [-0.05, 0) is 81.8 Å². The van der Waals surface area contributed by atoms with Crippen molar-refractivity contribution in [3.05, 3.63) is 71.0 Å². The number of nitrogens with one attached hydrogen (secondary N) is 2. The van der Waals surface area contributed by atoms with Gasteiger partial charge < -0.3 is 29.7 Å². The third-order valence-corrected chi connectivity index (χ3v) is 7.50. The lowest BCUT2D eigenvalue weighted by Crippen LogP contribution is -2.39. The molecule has 1 aliphatic carbocycles. The van der Waals surface area contributed by atoms with Gasteiger partial charge >= 0.3 is 18.3 Å². The van der Waals surface area contributed by atoms with Gasteiger partial charge in [-0.15, -0.1) is 0 Å². The fraction of sp³-hybridized carbons (Fsp3) is 0.485. The molecule has 6 bridgehead atoms. The zero-order chi connectivity index (χ0) is 33.7. The van der Waals surface area contributed by atoms with Crippen LogP contribution in [0.1, 0.15) is 73.8 Å². The summed E-state index contributed by atoms with van der Waals surface area (Å²) in [5.74, 6) is 0.685. The monoisotopic (exact) mass is 656 g/mol. The SMILES string of the molecule is CC(C)(C)OC(=O)N1CCCNC(=O)c2ccc(cc2)Cc2nc(nc(OCC(F)(F)F)n2)NC2(CC2)c2ccc(cc2)OCCC1. The Morgan fingerprint density at radius 3 is 2.34 bits per heavy atom. The van der Waals surface area contributed by atoms with E-state index in [1.165, 1.54) is 0 Å². The minimum absolute atomic E-state index is 0.102. The van der Waals surface area contributed by atoms with E-state index in [-0.39, 0.29) is 24.1 Å². The number of carbonyl (C=O) groups is 2. The number of halogens is 3. The van der Waals surface area contributed by atoms with Gasteiger partial charge in [0.2, 0.25) is 5.95 Å². The van der Waals surface area contributed by atoms with Gasteiger partial charge in [-0.3, -0.25) is 4.79 Å². The summed E-state index contributed by atoms with van der Waals surface area (Å²) in [6, 6.07) is 13.9. The van der Waals surface area contributed by atoms with Gasteiger partial charge in [0, 0.05) is 31.6 Å². The van der Waals surface area contributed by atoms with Crippen molar-refractivity contribution in [2.45, 2.75) is 70.2 Å². The third kappa shape index (κ3) is 9.93. The molecule has 1 fully saturated rings. The summed E-state index contributed by atoms with van der Waals surface area (Å²) >= 11 is 0. The molecule has 0 atom stereocenters. The Kier molecular flexibility index (Phi) is 10.1. The fourth-order valence-electron chi connectivity index (χ4n) is 5.04. The minimum Gasteiger partial charge on any atom is -0.494 e. The summed E-state index contributed by atoms with van der Waals surface area (Å²) in [5.41, 5.74) is 0.964. The van der Waals surface area contributed by atoms with Crippen molar-refractivity contribution in [1.29, 1.82) is 0 Å². The average Bonchev–Trinajstić information content (AvgIpc) is 3.78. The highest BCUT2D eigenvalue weighted by Gasteiger charge is 2.45. The molecule has 252 valence electrons. The highest BCUT2D eigenvalue weighted by Crippen LogP contribution is 2.48. The summed E-state index contributed by atoms with van der Waals surface area (Å²) in [4.78, 5) is 40.1. The molecule has 5 aliphatic rings. The number of ether oxygens (including phenoxy) is 3. The molecule has 0 saturated heterocycles. The number of nitrogens with zero attached hydrogens (tertiary/aromatic N) is 4. The van der Waals surface area contributed by atoms with Crippen LogP contribution in [-0.4, -0.2) is 76.5 Å². The van der Waals surface area contributed by atoms with E-state index in [2.05, 4.69) is 25.6 Å². The van der Waals surface area contributed by atoms with E-state index < -0.39 is 36.0 Å². The molecule has 14 heteroatoms. The van der Waals surface area contributed by atoms with E-state index in [4.69, 9.17) is 14.2 Å². The molecular weight excluding hydrogens is 617 g/mol. The summed E-state index contributed by atoms with van der Waals surface area (Å²) in [6.07, 6.45) is -2.22. The molecule has 11 nitrogen and oxygen atoms in total. The molecule has 8 rings (SSSR count). The van der Waals surface area contributed by atoms with Crippen LogP contribution < -0.4 is 20.1 Å². The quantitative estimate of drug-likeness (QED) is 0.360. The van der Waals surface area contributed by atoms with Crippen LogP contribution in [0.2, 0.25) is 0 Å². The second-order valence-corrected chi connectivity index (χ2v) is 12.6. The lowest BCUT2D eigenvalue weighted by atomic mass is 10.1. The molecule has 1 saturated carbocycles. The molecule has 2 amide bonds. The largest absolute Gasteiger partial charge is 0.494 e. The number of hydrogen-bond donors (Lipinski definition) is 2. The zero-order valence-electron chi connectivity index (χ0n) is 26.7. The Hall–Kier alpha value is -4.62. The van der Waals surface area contributed by atoms with Crippen LogP contribution in [0.4, 0.5) is 23.9 Å². The van der Waals surface area contributed by atoms with E-state index in [1.54, 1.807) is 29.2 Å². The van der Waals surface area contributed by atoms with Gasteiger partial charge in [0.15, 0.2) is 6.61 Å². The molecule has 5 heterocycles. The second-order valence-electron chi connectivity index (χ2n) is 12.6. The molecule has 0 unspecified atom stereocenters. The topological polar surface area (TPSA) is 128 Å². The van der Waals surface area contributed by atoms with Gasteiger partial charge in [0.05, 0.1) is 12.1 Å². The van der Waals surface area contributed by atoms with Crippen LogP contribution in [0.25, 0.3) is 0 Å². The van der Waals surface area contributed by atoms with E-state index in [9.17, 15) is 22.8 Å². The van der Waals surface area contributed by atoms with Crippen LogP contribution in [0.15, 0.2) is 48.5 Å². The smallest absolute Gasteiger partial charge is 0.422 e. The number of anilines is 1. The van der Waals surface area contributed by atoms with Gasteiger partial charge in [-0.25, -0.2) is 4.79 Å². The highest BCUT2D eigenvalue weighted by atomic mass is 19.4. The molecule has 3 aromatic rings. The number of benzene rings is 2. The van der Waals surface area contributed by atoms with E-state index in [1.807, 2.05) is 45.0 Å². The van der Waals surface area contributed by atoms with Crippen molar-refractivity contribution in [1.82, 2.24) is 25.2 Å². The predicted molar refractivity (Wildman–Crippen MR) is 166 cm³/mol. The lowest BCUT2D eigenvalue weighted by molar-refractivity contribution is -0.154. The van der Waals surface area contributed by atoms with Crippen molar-refractivity contribution >= 4 is 17.9 Å². The maximum absolute atomic E-state index is 12.9. The Morgan fingerprint density at radius 1 is 0.979 bits per heavy atom. The Balaban J connectivity index is 1.38. The summed E-state index contributed by atoms with van der Waals surface area (Å²) in [6.45, 7) is 5.42. The Bertz CT molecular complexity index is 1540. The Labute approximate surface area is 271 Å². The first-order valence-corrected chi connectivity index (χ1v) is 15.6. The first-order chi connectivity index (χ1) is 22.3. The number of aromatic nitrogens is 3. The molecule has 1 spiro atoms. The van der Waals surface area contributed by atoms with Crippen molar-refractivity contribution < 1.29 is 37.0 Å². The van der Waals surface area contributed by atoms with Gasteiger partial charge in [-0.2, -0.15) is 28.1 Å². The standard InChI is InChI=1S/C33H39F3N6O5/c1-31(2,3)47-30(44)42-17-4-16-37-27(43)23-8-6-22(7-9-23)20-26-38-28(40-29(39-26)46-21-33(34,35)36)41-32(14-15-32)24-10-12-25(13-11-24)45-19-5-18-42/h6-13H,4-5,14-21H2,1-3H3,(H,37,43)(H,38,39,40,41). The van der Waals surface area contributed by atoms with Crippen LogP contribution in [-0.2, 0) is 16.7 Å². The van der Waals surface area contributed by atoms with Crippen molar-refractivity contribution in [2.75, 3.05) is 38.2 Å². The van der Waals surface area contributed by atoms with E-state index in [0.29, 0.717) is 50.4 Å². The molecule has 0 radical (unpaired) electrons. The molecule has 2 aromatic carbocycles. The van der Waals surface area contributed by atoms with Crippen LogP contribution in [0.5, 0.6) is 11.8 Å². The van der Waals surface area contributed by atoms with Crippen LogP contribution >= 0.6 is 0 Å². The third-order valence-electron chi connectivity index (χ3n) is 7.50. The van der Waals surface area contributed by atoms with Gasteiger partial charge in [-0.1, -0.05) is 24.3 Å². The minimum atomic E-state index is -4.56. The molecule has 47 heavy (non-hydrogen) atoms. The normalized spacial score (nSPS) is 17.2. The summed E-state index contributed by atoms with van der Waals surface area (Å²) in [7, 11) is 0. The van der Waals surface area contributed by atoms with Crippen LogP contribution in [0, 0.1) is 0 Å².